The van der Waals surface area contributed by atoms with Gasteiger partial charge in [0.1, 0.15) is 0 Å². The third kappa shape index (κ3) is 8.65. The summed E-state index contributed by atoms with van der Waals surface area (Å²) in [6.45, 7) is 10.3. The van der Waals surface area contributed by atoms with Crippen LogP contribution in [0.15, 0.2) is 4.99 Å². The van der Waals surface area contributed by atoms with Crippen LogP contribution in [0, 0.1) is 11.8 Å². The molecule has 1 saturated heterocycles. The molecule has 6 heteroatoms. The zero-order chi connectivity index (χ0) is 13.4. The van der Waals surface area contributed by atoms with E-state index in [-0.39, 0.29) is 24.0 Å². The number of rotatable bonds is 7. The Labute approximate surface area is 134 Å². The summed E-state index contributed by atoms with van der Waals surface area (Å²) >= 11 is 0. The molecule has 0 radical (unpaired) electrons. The third-order valence-electron chi connectivity index (χ3n) is 3.13. The van der Waals surface area contributed by atoms with Crippen LogP contribution >= 0.6 is 24.0 Å². The topological polar surface area (TPSA) is 62.9 Å². The maximum atomic E-state index is 5.78. The number of halogens is 1. The van der Waals surface area contributed by atoms with E-state index < -0.39 is 0 Å². The van der Waals surface area contributed by atoms with Gasteiger partial charge in [-0.2, -0.15) is 0 Å². The van der Waals surface area contributed by atoms with Crippen molar-refractivity contribution in [2.75, 3.05) is 46.4 Å². The van der Waals surface area contributed by atoms with Crippen molar-refractivity contribution in [2.45, 2.75) is 20.3 Å². The molecule has 1 heterocycles. The molecule has 0 amide bonds. The van der Waals surface area contributed by atoms with Gasteiger partial charge in [-0.3, -0.25) is 4.99 Å². The number of ether oxygens (including phenoxy) is 1. The Balaban J connectivity index is 0.00000324. The highest BCUT2D eigenvalue weighted by Crippen LogP contribution is 2.17. The summed E-state index contributed by atoms with van der Waals surface area (Å²) < 4.78 is 4.94. The quantitative estimate of drug-likeness (QED) is 0.299. The molecule has 114 valence electrons. The van der Waals surface area contributed by atoms with Crippen LogP contribution in [0.2, 0.25) is 0 Å². The van der Waals surface area contributed by atoms with Crippen molar-refractivity contribution in [2.24, 2.45) is 22.6 Å². The zero-order valence-corrected chi connectivity index (χ0v) is 14.7. The molecule has 1 atom stereocenters. The number of hydrogen-bond acceptors (Lipinski definition) is 3. The summed E-state index contributed by atoms with van der Waals surface area (Å²) in [5, 5.41) is 3.04. The van der Waals surface area contributed by atoms with Gasteiger partial charge in [-0.1, -0.05) is 13.8 Å². The molecular weight excluding hydrogens is 355 g/mol. The van der Waals surface area contributed by atoms with Gasteiger partial charge in [0.2, 0.25) is 0 Å². The molecular formula is C13H29IN4O. The van der Waals surface area contributed by atoms with E-state index in [1.165, 1.54) is 19.5 Å². The van der Waals surface area contributed by atoms with Crippen molar-refractivity contribution in [1.82, 2.24) is 10.2 Å². The largest absolute Gasteiger partial charge is 0.383 e. The van der Waals surface area contributed by atoms with Crippen LogP contribution in [0.25, 0.3) is 0 Å². The number of hydrogen-bond donors (Lipinski definition) is 2. The fraction of sp³-hybridized carbons (Fsp3) is 0.923. The van der Waals surface area contributed by atoms with Crippen LogP contribution in [0.1, 0.15) is 20.3 Å². The van der Waals surface area contributed by atoms with E-state index in [2.05, 4.69) is 29.1 Å². The Kier molecular flexibility index (Phi) is 10.6. The first kappa shape index (κ1) is 18.9. The lowest BCUT2D eigenvalue weighted by atomic mass is 10.1. The van der Waals surface area contributed by atoms with E-state index in [1.807, 2.05) is 0 Å². The lowest BCUT2D eigenvalue weighted by Crippen LogP contribution is -2.34. The third-order valence-corrected chi connectivity index (χ3v) is 3.13. The highest BCUT2D eigenvalue weighted by atomic mass is 127. The first-order valence-electron chi connectivity index (χ1n) is 6.87. The summed E-state index contributed by atoms with van der Waals surface area (Å²) in [4.78, 5) is 6.92. The van der Waals surface area contributed by atoms with Crippen molar-refractivity contribution in [3.63, 3.8) is 0 Å². The van der Waals surface area contributed by atoms with Crippen molar-refractivity contribution in [3.05, 3.63) is 0 Å². The van der Waals surface area contributed by atoms with Gasteiger partial charge < -0.3 is 20.7 Å². The average Bonchev–Trinajstić information content (AvgIpc) is 2.73. The maximum absolute atomic E-state index is 5.78. The summed E-state index contributed by atoms with van der Waals surface area (Å²) in [5.74, 6) is 1.94. The van der Waals surface area contributed by atoms with Gasteiger partial charge in [-0.25, -0.2) is 0 Å². The van der Waals surface area contributed by atoms with E-state index in [0.29, 0.717) is 18.5 Å². The second-order valence-electron chi connectivity index (χ2n) is 5.45. The van der Waals surface area contributed by atoms with Gasteiger partial charge >= 0.3 is 0 Å². The van der Waals surface area contributed by atoms with Crippen molar-refractivity contribution in [3.8, 4) is 0 Å². The van der Waals surface area contributed by atoms with Crippen LogP contribution in [0.3, 0.4) is 0 Å². The minimum Gasteiger partial charge on any atom is -0.383 e. The molecule has 1 aliphatic rings. The number of nitrogens with two attached hydrogens (primary N) is 1. The van der Waals surface area contributed by atoms with E-state index in [1.54, 1.807) is 7.11 Å². The molecule has 1 rings (SSSR count). The van der Waals surface area contributed by atoms with E-state index >= 15 is 0 Å². The van der Waals surface area contributed by atoms with Crippen molar-refractivity contribution in [1.29, 1.82) is 0 Å². The summed E-state index contributed by atoms with van der Waals surface area (Å²) in [6.07, 6.45) is 1.24. The lowest BCUT2D eigenvalue weighted by molar-refractivity contribution is 0.204. The lowest BCUT2D eigenvalue weighted by Gasteiger charge is -2.17. The second-order valence-corrected chi connectivity index (χ2v) is 5.45. The molecule has 0 aromatic heterocycles. The fourth-order valence-corrected chi connectivity index (χ4v) is 2.31. The normalized spacial score (nSPS) is 20.6. The molecule has 1 aliphatic heterocycles. The van der Waals surface area contributed by atoms with Crippen molar-refractivity contribution >= 4 is 29.9 Å². The predicted molar refractivity (Wildman–Crippen MR) is 91.2 cm³/mol. The van der Waals surface area contributed by atoms with E-state index in [9.17, 15) is 0 Å². The number of nitrogens with zero attached hydrogens (tertiary/aromatic N) is 2. The first-order valence-corrected chi connectivity index (χ1v) is 6.87. The van der Waals surface area contributed by atoms with Gasteiger partial charge in [0, 0.05) is 33.3 Å². The van der Waals surface area contributed by atoms with Crippen LogP contribution in [0.4, 0.5) is 0 Å². The van der Waals surface area contributed by atoms with Gasteiger partial charge in [-0.05, 0) is 24.8 Å². The van der Waals surface area contributed by atoms with E-state index in [4.69, 9.17) is 10.5 Å². The summed E-state index contributed by atoms with van der Waals surface area (Å²) in [5.41, 5.74) is 5.78. The highest BCUT2D eigenvalue weighted by Gasteiger charge is 2.22. The minimum absolute atomic E-state index is 0. The molecule has 0 aliphatic carbocycles. The monoisotopic (exact) mass is 384 g/mol. The number of aliphatic imine (C=N–C) groups is 1. The summed E-state index contributed by atoms with van der Waals surface area (Å²) in [6, 6.07) is 0. The van der Waals surface area contributed by atoms with E-state index in [0.717, 1.165) is 25.6 Å². The standard InChI is InChI=1S/C13H28N4O.HI/c1-11(2)9-17-6-4-12(10-17)8-16-13(14)15-5-7-18-3;/h11-12H,4-10H2,1-3H3,(H3,14,15,16);1H. The van der Waals surface area contributed by atoms with Gasteiger partial charge in [0.05, 0.1) is 6.61 Å². The number of likely N-dealkylation sites (tertiary alicyclic amines) is 1. The number of guanidine groups is 1. The smallest absolute Gasteiger partial charge is 0.188 e. The Morgan fingerprint density at radius 1 is 1.53 bits per heavy atom. The first-order chi connectivity index (χ1) is 8.61. The number of nitrogens with one attached hydrogen (secondary N) is 1. The number of methoxy groups -OCH3 is 1. The summed E-state index contributed by atoms with van der Waals surface area (Å²) in [7, 11) is 1.68. The molecule has 5 nitrogen and oxygen atoms in total. The molecule has 3 N–H and O–H groups in total. The molecule has 1 fully saturated rings. The van der Waals surface area contributed by atoms with Gasteiger partial charge in [-0.15, -0.1) is 24.0 Å². The van der Waals surface area contributed by atoms with Gasteiger partial charge in [0.15, 0.2) is 5.96 Å². The maximum Gasteiger partial charge on any atom is 0.188 e. The average molecular weight is 384 g/mol. The van der Waals surface area contributed by atoms with Crippen LogP contribution < -0.4 is 11.1 Å². The molecule has 19 heavy (non-hydrogen) atoms. The Morgan fingerprint density at radius 2 is 2.26 bits per heavy atom. The molecule has 0 bridgehead atoms. The van der Waals surface area contributed by atoms with Crippen LogP contribution in [0.5, 0.6) is 0 Å². The molecule has 0 spiro atoms. The molecule has 0 saturated carbocycles. The minimum atomic E-state index is 0. The Morgan fingerprint density at radius 3 is 2.89 bits per heavy atom. The second kappa shape index (κ2) is 10.7. The van der Waals surface area contributed by atoms with Crippen LogP contribution in [-0.4, -0.2) is 57.3 Å². The molecule has 1 unspecified atom stereocenters. The zero-order valence-electron chi connectivity index (χ0n) is 12.4. The van der Waals surface area contributed by atoms with Gasteiger partial charge in [0.25, 0.3) is 0 Å². The molecule has 0 aromatic carbocycles. The SMILES string of the molecule is COCCNC(N)=NCC1CCN(CC(C)C)C1.I. The Bertz CT molecular complexity index is 261. The predicted octanol–water partition coefficient (Wildman–Crippen LogP) is 1.13. The Hall–Kier alpha value is -0.0800. The molecule has 0 aromatic rings. The fourth-order valence-electron chi connectivity index (χ4n) is 2.31. The highest BCUT2D eigenvalue weighted by molar-refractivity contribution is 14.0. The van der Waals surface area contributed by atoms with Crippen LogP contribution in [-0.2, 0) is 4.74 Å². The van der Waals surface area contributed by atoms with Crippen molar-refractivity contribution < 1.29 is 4.74 Å².